The zero-order valence-corrected chi connectivity index (χ0v) is 12.5. The van der Waals surface area contributed by atoms with E-state index in [-0.39, 0.29) is 18.8 Å². The molecule has 0 bridgehead atoms. The number of fused-ring (bicyclic) bond motifs is 1. The number of guanidine groups is 1. The van der Waals surface area contributed by atoms with E-state index in [0.717, 1.165) is 0 Å². The standard InChI is InChI=1S/C12H14N4O5S/c1-6-7-5-9(11(17)15-12(13)14)16(2)8(7)3-4-10(6)21-22(18,19)20/h3-5H,1-2H3,(H,18,19,20)(H4,13,14,15,17). The minimum atomic E-state index is -4.88. The number of aryl methyl sites for hydroxylation is 2. The molecule has 0 fully saturated rings. The van der Waals surface area contributed by atoms with E-state index in [1.807, 2.05) is 0 Å². The summed E-state index contributed by atoms with van der Waals surface area (Å²) < 4.78 is 38.0. The second-order valence-electron chi connectivity index (χ2n) is 4.54. The summed E-state index contributed by atoms with van der Waals surface area (Å²) >= 11 is 0. The Morgan fingerprint density at radius 3 is 2.59 bits per heavy atom. The second kappa shape index (κ2) is 5.31. The summed E-state index contributed by atoms with van der Waals surface area (Å²) in [5.74, 6) is -1.11. The smallest absolute Gasteiger partial charge is 0.716 e. The number of nitrogens with zero attached hydrogens (tertiary/aromatic N) is 2. The monoisotopic (exact) mass is 326 g/mol. The molecule has 0 saturated carbocycles. The van der Waals surface area contributed by atoms with Crippen LogP contribution in [-0.2, 0) is 17.4 Å². The van der Waals surface area contributed by atoms with E-state index < -0.39 is 16.3 Å². The van der Waals surface area contributed by atoms with Crippen molar-refractivity contribution in [3.63, 3.8) is 0 Å². The molecule has 0 radical (unpaired) electrons. The number of nitrogens with two attached hydrogens (primary N) is 2. The van der Waals surface area contributed by atoms with Crippen molar-refractivity contribution >= 4 is 33.2 Å². The molecule has 118 valence electrons. The zero-order chi connectivity index (χ0) is 16.7. The first-order valence-electron chi connectivity index (χ1n) is 5.98. The van der Waals surface area contributed by atoms with E-state index in [2.05, 4.69) is 9.18 Å². The van der Waals surface area contributed by atoms with E-state index in [4.69, 9.17) is 11.5 Å². The number of carbonyl (C=O) groups is 1. The lowest BCUT2D eigenvalue weighted by atomic mass is 10.1. The fourth-order valence-corrected chi connectivity index (χ4v) is 2.51. The molecule has 22 heavy (non-hydrogen) atoms. The molecule has 1 amide bonds. The van der Waals surface area contributed by atoms with Gasteiger partial charge in [0.25, 0.3) is 16.3 Å². The first-order valence-corrected chi connectivity index (χ1v) is 7.32. The number of amides is 1. The van der Waals surface area contributed by atoms with Crippen molar-refractivity contribution in [3.8, 4) is 5.75 Å². The largest absolute Gasteiger partial charge is 1.00 e. The molecule has 4 N–H and O–H groups in total. The molecule has 0 unspecified atom stereocenters. The van der Waals surface area contributed by atoms with Gasteiger partial charge in [0.15, 0.2) is 5.96 Å². The van der Waals surface area contributed by atoms with Crippen LogP contribution in [-0.4, -0.2) is 29.4 Å². The summed E-state index contributed by atoms with van der Waals surface area (Å²) in [7, 11) is -3.26. The lowest BCUT2D eigenvalue weighted by Crippen LogP contribution is -2.24. The van der Waals surface area contributed by atoms with E-state index in [9.17, 15) is 17.8 Å². The molecular formula is C12H14N4O5S. The van der Waals surface area contributed by atoms with Crippen LogP contribution in [0, 0.1) is 6.92 Å². The molecule has 0 aliphatic carbocycles. The fourth-order valence-electron chi connectivity index (χ4n) is 2.11. The summed E-state index contributed by atoms with van der Waals surface area (Å²) in [5, 5.41) is 0.540. The van der Waals surface area contributed by atoms with Crippen molar-refractivity contribution in [2.75, 3.05) is 0 Å². The van der Waals surface area contributed by atoms with Crippen molar-refractivity contribution in [2.45, 2.75) is 6.92 Å². The lowest BCUT2D eigenvalue weighted by Gasteiger charge is -2.12. The van der Waals surface area contributed by atoms with Gasteiger partial charge < -0.3 is 24.8 Å². The van der Waals surface area contributed by atoms with Crippen molar-refractivity contribution in [1.82, 2.24) is 4.57 Å². The van der Waals surface area contributed by atoms with Crippen molar-refractivity contribution in [3.05, 3.63) is 29.5 Å². The predicted octanol–water partition coefficient (Wildman–Crippen LogP) is -0.148. The molecule has 0 aliphatic rings. The van der Waals surface area contributed by atoms with Gasteiger partial charge in [-0.3, -0.25) is 4.79 Å². The highest BCUT2D eigenvalue weighted by molar-refractivity contribution is 7.81. The van der Waals surface area contributed by atoms with Crippen molar-refractivity contribution in [2.24, 2.45) is 23.5 Å². The highest BCUT2D eigenvalue weighted by Gasteiger charge is 2.16. The Hall–Kier alpha value is -2.59. The number of benzene rings is 1. The minimum absolute atomic E-state index is 0. The fraction of sp³-hybridized carbons (Fsp3) is 0.167. The van der Waals surface area contributed by atoms with Gasteiger partial charge in [-0.2, -0.15) is 4.99 Å². The molecule has 2 rings (SSSR count). The Bertz CT molecular complexity index is 900. The number of aliphatic imine (C=N–C) groups is 1. The van der Waals surface area contributed by atoms with Gasteiger partial charge >= 0.3 is 1.43 Å². The van der Waals surface area contributed by atoms with E-state index in [1.54, 1.807) is 18.5 Å². The van der Waals surface area contributed by atoms with E-state index in [0.29, 0.717) is 16.5 Å². The van der Waals surface area contributed by atoms with Crippen LogP contribution in [0.5, 0.6) is 5.75 Å². The maximum atomic E-state index is 11.9. The van der Waals surface area contributed by atoms with Crippen LogP contribution in [0.15, 0.2) is 23.2 Å². The van der Waals surface area contributed by atoms with Gasteiger partial charge in [-0.25, -0.2) is 8.42 Å². The van der Waals surface area contributed by atoms with Gasteiger partial charge in [0, 0.05) is 23.5 Å². The van der Waals surface area contributed by atoms with Gasteiger partial charge in [-0.1, -0.05) is 0 Å². The summed E-state index contributed by atoms with van der Waals surface area (Å²) in [6.07, 6.45) is 0. The first kappa shape index (κ1) is 15.8. The van der Waals surface area contributed by atoms with Crippen LogP contribution >= 0.6 is 0 Å². The molecule has 1 heterocycles. The van der Waals surface area contributed by atoms with Gasteiger partial charge in [0.05, 0.1) is 0 Å². The molecule has 0 spiro atoms. The van der Waals surface area contributed by atoms with E-state index in [1.165, 1.54) is 18.2 Å². The molecule has 9 nitrogen and oxygen atoms in total. The third kappa shape index (κ3) is 3.02. The average Bonchev–Trinajstić information content (AvgIpc) is 2.69. The van der Waals surface area contributed by atoms with Gasteiger partial charge in [-0.15, -0.1) is 0 Å². The molecule has 0 atom stereocenters. The van der Waals surface area contributed by atoms with Crippen LogP contribution in [0.25, 0.3) is 10.9 Å². The summed E-state index contributed by atoms with van der Waals surface area (Å²) in [4.78, 5) is 15.4. The number of hydrogen-bond donors (Lipinski definition) is 2. The highest BCUT2D eigenvalue weighted by Crippen LogP contribution is 2.30. The SMILES string of the molecule is Cc1c(OS(=O)(=O)[O-])ccc2c1cc(C(=O)N=C(N)N)n2C.[H+]. The molecule has 0 aliphatic heterocycles. The number of aromatic nitrogens is 1. The lowest BCUT2D eigenvalue weighted by molar-refractivity contribution is 0.0995. The number of rotatable bonds is 3. The molecule has 0 saturated heterocycles. The third-order valence-electron chi connectivity index (χ3n) is 3.09. The van der Waals surface area contributed by atoms with Crippen LogP contribution in [0.4, 0.5) is 0 Å². The second-order valence-corrected chi connectivity index (χ2v) is 5.53. The van der Waals surface area contributed by atoms with Crippen LogP contribution in [0.2, 0.25) is 0 Å². The Kier molecular flexibility index (Phi) is 3.81. The Morgan fingerprint density at radius 1 is 1.41 bits per heavy atom. The Labute approximate surface area is 127 Å². The summed E-state index contributed by atoms with van der Waals surface area (Å²) in [6.45, 7) is 1.57. The maximum Gasteiger partial charge on any atom is 1.00 e. The number of hydrogen-bond acceptors (Lipinski definition) is 5. The highest BCUT2D eigenvalue weighted by atomic mass is 32.3. The quantitative estimate of drug-likeness (QED) is 0.344. The normalized spacial score (nSPS) is 11.4. The average molecular weight is 326 g/mol. The molecule has 1 aromatic heterocycles. The zero-order valence-electron chi connectivity index (χ0n) is 12.7. The predicted molar refractivity (Wildman–Crippen MR) is 79.2 cm³/mol. The summed E-state index contributed by atoms with van der Waals surface area (Å²) in [5.41, 5.74) is 11.6. The van der Waals surface area contributed by atoms with Gasteiger partial charge in [-0.05, 0) is 25.1 Å². The Balaban J connectivity index is 0.00000264. The molecule has 10 heteroatoms. The van der Waals surface area contributed by atoms with Crippen molar-refractivity contribution < 1.29 is 23.4 Å². The molecule has 2 aromatic rings. The minimum Gasteiger partial charge on any atom is -0.716 e. The summed E-state index contributed by atoms with van der Waals surface area (Å²) in [6, 6.07) is 4.35. The van der Waals surface area contributed by atoms with Crippen LogP contribution in [0.3, 0.4) is 0 Å². The van der Waals surface area contributed by atoms with E-state index >= 15 is 0 Å². The molecular weight excluding hydrogens is 312 g/mol. The van der Waals surface area contributed by atoms with Crippen LogP contribution in [0.1, 0.15) is 17.5 Å². The maximum absolute atomic E-state index is 11.9. The topological polar surface area (TPSA) is 153 Å². The van der Waals surface area contributed by atoms with Gasteiger partial charge in [0.2, 0.25) is 0 Å². The molecule has 1 aromatic carbocycles. The van der Waals surface area contributed by atoms with Crippen molar-refractivity contribution in [1.29, 1.82) is 0 Å². The number of carbonyl (C=O) groups excluding carboxylic acids is 1. The van der Waals surface area contributed by atoms with Gasteiger partial charge in [0.1, 0.15) is 11.4 Å². The first-order chi connectivity index (χ1) is 10.1. The third-order valence-corrected chi connectivity index (χ3v) is 3.47. The van der Waals surface area contributed by atoms with Crippen LogP contribution < -0.4 is 15.7 Å². The Morgan fingerprint density at radius 2 is 2.05 bits per heavy atom.